The Bertz CT molecular complexity index is 760. The van der Waals surface area contributed by atoms with Crippen molar-refractivity contribution in [3.05, 3.63) is 68.7 Å². The molecule has 2 aromatic rings. The summed E-state index contributed by atoms with van der Waals surface area (Å²) >= 11 is 17.9. The third-order valence-electron chi connectivity index (χ3n) is 3.47. The van der Waals surface area contributed by atoms with Crippen LogP contribution in [0.25, 0.3) is 0 Å². The molecular weight excluding hydrogens is 385 g/mol. The van der Waals surface area contributed by atoms with Gasteiger partial charge in [-0.3, -0.25) is 9.59 Å². The van der Waals surface area contributed by atoms with Gasteiger partial charge < -0.3 is 10.1 Å². The first-order valence-corrected chi connectivity index (χ1v) is 8.63. The molecule has 132 valence electrons. The zero-order valence-electron chi connectivity index (χ0n) is 13.4. The van der Waals surface area contributed by atoms with Crippen molar-refractivity contribution in [1.29, 1.82) is 0 Å². The summed E-state index contributed by atoms with van der Waals surface area (Å²) in [5.74, 6) is -0.994. The normalized spacial score (nSPS) is 11.7. The first kappa shape index (κ1) is 19.6. The first-order chi connectivity index (χ1) is 11.9. The lowest BCUT2D eigenvalue weighted by atomic mass is 10.1. The number of benzene rings is 2. The first-order valence-electron chi connectivity index (χ1n) is 7.50. The Morgan fingerprint density at radius 3 is 2.36 bits per heavy atom. The van der Waals surface area contributed by atoms with E-state index in [9.17, 15) is 9.59 Å². The molecule has 0 bridgehead atoms. The molecule has 4 nitrogen and oxygen atoms in total. The number of rotatable bonds is 6. The van der Waals surface area contributed by atoms with Gasteiger partial charge in [0.1, 0.15) is 0 Å². The van der Waals surface area contributed by atoms with Crippen LogP contribution in [0, 0.1) is 0 Å². The van der Waals surface area contributed by atoms with Crippen molar-refractivity contribution < 1.29 is 14.3 Å². The summed E-state index contributed by atoms with van der Waals surface area (Å²) in [6, 6.07) is 11.9. The van der Waals surface area contributed by atoms with Crippen LogP contribution in [0.4, 0.5) is 0 Å². The summed E-state index contributed by atoms with van der Waals surface area (Å²) in [6.07, 6.45) is -0.102. The van der Waals surface area contributed by atoms with Gasteiger partial charge in [-0.05, 0) is 36.8 Å². The maximum absolute atomic E-state index is 11.9. The van der Waals surface area contributed by atoms with E-state index in [1.165, 1.54) is 0 Å². The molecule has 1 atom stereocenters. The maximum Gasteiger partial charge on any atom is 0.310 e. The van der Waals surface area contributed by atoms with Gasteiger partial charge in [-0.1, -0.05) is 53.0 Å². The van der Waals surface area contributed by atoms with Crippen molar-refractivity contribution in [2.24, 2.45) is 0 Å². The highest BCUT2D eigenvalue weighted by Gasteiger charge is 2.15. The summed E-state index contributed by atoms with van der Waals surface area (Å²) in [5, 5.41) is 4.08. The molecule has 0 saturated heterocycles. The fourth-order valence-electron chi connectivity index (χ4n) is 2.19. The average Bonchev–Trinajstić information content (AvgIpc) is 2.56. The van der Waals surface area contributed by atoms with E-state index in [4.69, 9.17) is 39.5 Å². The summed E-state index contributed by atoms with van der Waals surface area (Å²) in [5.41, 5.74) is 1.33. The Morgan fingerprint density at radius 1 is 1.08 bits per heavy atom. The number of halogens is 3. The largest absolute Gasteiger partial charge is 0.455 e. The van der Waals surface area contributed by atoms with Crippen molar-refractivity contribution in [2.45, 2.75) is 19.4 Å². The number of carbonyl (C=O) groups excluding carboxylic acids is 2. The van der Waals surface area contributed by atoms with E-state index in [1.54, 1.807) is 36.4 Å². The van der Waals surface area contributed by atoms with Crippen molar-refractivity contribution in [3.63, 3.8) is 0 Å². The molecule has 0 aliphatic carbocycles. The van der Waals surface area contributed by atoms with Crippen LogP contribution in [0.15, 0.2) is 42.5 Å². The van der Waals surface area contributed by atoms with Crippen molar-refractivity contribution in [2.75, 3.05) is 6.61 Å². The minimum Gasteiger partial charge on any atom is -0.455 e. The van der Waals surface area contributed by atoms with E-state index in [2.05, 4.69) is 5.32 Å². The van der Waals surface area contributed by atoms with Gasteiger partial charge in [-0.15, -0.1) is 0 Å². The predicted octanol–water partition coefficient (Wildman–Crippen LogP) is 4.61. The standard InChI is InChI=1S/C18H16Cl3NO3/c1-11(12-4-2-5-13(19)8-12)22-17(23)10-25-18(24)9-14-15(20)6-3-7-16(14)21/h2-8,11H,9-10H2,1H3,(H,22,23)/t11-/m1/s1. The number of ether oxygens (including phenoxy) is 1. The Labute approximate surface area is 161 Å². The smallest absolute Gasteiger partial charge is 0.310 e. The predicted molar refractivity (Wildman–Crippen MR) is 99.1 cm³/mol. The zero-order chi connectivity index (χ0) is 18.4. The van der Waals surface area contributed by atoms with Crippen LogP contribution in [-0.4, -0.2) is 18.5 Å². The number of esters is 1. The zero-order valence-corrected chi connectivity index (χ0v) is 15.7. The summed E-state index contributed by atoms with van der Waals surface area (Å²) in [7, 11) is 0. The van der Waals surface area contributed by atoms with Gasteiger partial charge in [0.25, 0.3) is 5.91 Å². The topological polar surface area (TPSA) is 55.4 Å². The highest BCUT2D eigenvalue weighted by molar-refractivity contribution is 6.36. The fraction of sp³-hybridized carbons (Fsp3) is 0.222. The van der Waals surface area contributed by atoms with Crippen molar-refractivity contribution >= 4 is 46.7 Å². The summed E-state index contributed by atoms with van der Waals surface area (Å²) < 4.78 is 4.98. The van der Waals surface area contributed by atoms with Gasteiger partial charge >= 0.3 is 5.97 Å². The number of hydrogen-bond donors (Lipinski definition) is 1. The minimum atomic E-state index is -0.583. The fourth-order valence-corrected chi connectivity index (χ4v) is 2.91. The third kappa shape index (κ3) is 5.92. The summed E-state index contributed by atoms with van der Waals surface area (Å²) in [6.45, 7) is 1.43. The van der Waals surface area contributed by atoms with E-state index in [1.807, 2.05) is 13.0 Å². The molecule has 0 unspecified atom stereocenters. The molecule has 1 N–H and O–H groups in total. The minimum absolute atomic E-state index is 0.102. The van der Waals surface area contributed by atoms with Crippen LogP contribution in [0.5, 0.6) is 0 Å². The van der Waals surface area contributed by atoms with Crippen LogP contribution in [0.1, 0.15) is 24.1 Å². The quantitative estimate of drug-likeness (QED) is 0.720. The molecule has 0 aliphatic rings. The van der Waals surface area contributed by atoms with E-state index in [-0.39, 0.29) is 19.1 Å². The Kier molecular flexibility index (Phi) is 7.12. The average molecular weight is 401 g/mol. The van der Waals surface area contributed by atoms with Crippen molar-refractivity contribution in [1.82, 2.24) is 5.32 Å². The van der Waals surface area contributed by atoms with Gasteiger partial charge in [0.2, 0.25) is 0 Å². The van der Waals surface area contributed by atoms with Gasteiger partial charge in [-0.25, -0.2) is 0 Å². The molecule has 1 amide bonds. The van der Waals surface area contributed by atoms with Crippen LogP contribution < -0.4 is 5.32 Å². The number of hydrogen-bond acceptors (Lipinski definition) is 3. The van der Waals surface area contributed by atoms with Gasteiger partial charge in [0.15, 0.2) is 6.61 Å². The third-order valence-corrected chi connectivity index (χ3v) is 4.42. The summed E-state index contributed by atoms with van der Waals surface area (Å²) in [4.78, 5) is 23.8. The molecule has 25 heavy (non-hydrogen) atoms. The Balaban J connectivity index is 1.84. The molecule has 0 aromatic heterocycles. The van der Waals surface area contributed by atoms with Crippen LogP contribution in [-0.2, 0) is 20.7 Å². The Morgan fingerprint density at radius 2 is 1.72 bits per heavy atom. The highest BCUT2D eigenvalue weighted by atomic mass is 35.5. The molecule has 7 heteroatoms. The van der Waals surface area contributed by atoms with E-state index in [0.29, 0.717) is 20.6 Å². The van der Waals surface area contributed by atoms with E-state index < -0.39 is 11.9 Å². The number of carbonyl (C=O) groups is 2. The second-order valence-electron chi connectivity index (χ2n) is 5.38. The molecule has 2 rings (SSSR count). The molecule has 0 fully saturated rings. The van der Waals surface area contributed by atoms with Crippen LogP contribution in [0.3, 0.4) is 0 Å². The molecule has 0 saturated carbocycles. The number of nitrogens with one attached hydrogen (secondary N) is 1. The van der Waals surface area contributed by atoms with Crippen LogP contribution >= 0.6 is 34.8 Å². The SMILES string of the molecule is C[C@@H](NC(=O)COC(=O)Cc1c(Cl)cccc1Cl)c1cccc(Cl)c1. The monoisotopic (exact) mass is 399 g/mol. The Hall–Kier alpha value is -1.75. The van der Waals surface area contributed by atoms with Crippen molar-refractivity contribution in [3.8, 4) is 0 Å². The second-order valence-corrected chi connectivity index (χ2v) is 6.63. The lowest BCUT2D eigenvalue weighted by molar-refractivity contribution is -0.148. The van der Waals surface area contributed by atoms with Crippen LogP contribution in [0.2, 0.25) is 15.1 Å². The second kappa shape index (κ2) is 9.09. The van der Waals surface area contributed by atoms with Gasteiger partial charge in [-0.2, -0.15) is 0 Å². The molecular formula is C18H16Cl3NO3. The lowest BCUT2D eigenvalue weighted by Gasteiger charge is -2.15. The molecule has 2 aromatic carbocycles. The highest BCUT2D eigenvalue weighted by Crippen LogP contribution is 2.24. The molecule has 0 heterocycles. The van der Waals surface area contributed by atoms with Gasteiger partial charge in [0, 0.05) is 20.6 Å². The molecule has 0 spiro atoms. The molecule has 0 aliphatic heterocycles. The lowest BCUT2D eigenvalue weighted by Crippen LogP contribution is -2.31. The number of amides is 1. The van der Waals surface area contributed by atoms with E-state index >= 15 is 0 Å². The van der Waals surface area contributed by atoms with Gasteiger partial charge in [0.05, 0.1) is 12.5 Å². The maximum atomic E-state index is 11.9. The molecule has 0 radical (unpaired) electrons. The van der Waals surface area contributed by atoms with E-state index in [0.717, 1.165) is 5.56 Å².